The molecule has 3 rings (SSSR count). The smallest absolute Gasteiger partial charge is 0.330 e. The van der Waals surface area contributed by atoms with E-state index in [0.29, 0.717) is 6.61 Å². The Kier molecular flexibility index (Phi) is 4.68. The lowest BCUT2D eigenvalue weighted by molar-refractivity contribution is -0.137. The van der Waals surface area contributed by atoms with Gasteiger partial charge >= 0.3 is 5.97 Å². The van der Waals surface area contributed by atoms with Crippen molar-refractivity contribution in [1.29, 1.82) is 0 Å². The van der Waals surface area contributed by atoms with Gasteiger partial charge in [0.1, 0.15) is 0 Å². The molecule has 0 radical (unpaired) electrons. The van der Waals surface area contributed by atoms with Crippen molar-refractivity contribution in [3.8, 4) is 0 Å². The van der Waals surface area contributed by atoms with Crippen molar-refractivity contribution >= 4 is 5.97 Å². The number of aliphatic hydroxyl groups excluding tert-OH is 1. The van der Waals surface area contributed by atoms with Gasteiger partial charge in [-0.3, -0.25) is 0 Å². The fraction of sp³-hybridized carbons (Fsp3) is 0.833. The number of aliphatic hydroxyl groups is 1. The predicted molar refractivity (Wildman–Crippen MR) is 81.6 cm³/mol. The highest BCUT2D eigenvalue weighted by Gasteiger charge is 2.43. The predicted octanol–water partition coefficient (Wildman–Crippen LogP) is 3.46. The fourth-order valence-electron chi connectivity index (χ4n) is 5.13. The number of allylic oxidation sites excluding steroid dienone is 1. The molecule has 118 valence electrons. The summed E-state index contributed by atoms with van der Waals surface area (Å²) in [5.41, 5.74) is 1.30. The lowest BCUT2D eigenvalue weighted by Crippen LogP contribution is -2.41. The van der Waals surface area contributed by atoms with Crippen LogP contribution in [0.5, 0.6) is 0 Å². The second-order valence-electron chi connectivity index (χ2n) is 7.19. The molecule has 0 aromatic rings. The van der Waals surface area contributed by atoms with Gasteiger partial charge in [-0.25, -0.2) is 4.79 Å². The van der Waals surface area contributed by atoms with E-state index in [2.05, 4.69) is 0 Å². The highest BCUT2D eigenvalue weighted by atomic mass is 16.5. The largest absolute Gasteiger partial charge is 0.463 e. The maximum atomic E-state index is 11.6. The van der Waals surface area contributed by atoms with Crippen LogP contribution in [0.25, 0.3) is 0 Å². The molecule has 21 heavy (non-hydrogen) atoms. The molecular weight excluding hydrogens is 264 g/mol. The summed E-state index contributed by atoms with van der Waals surface area (Å²) in [6.45, 7) is 2.31. The molecule has 3 heteroatoms. The van der Waals surface area contributed by atoms with Crippen LogP contribution in [0.2, 0.25) is 0 Å². The molecule has 0 amide bonds. The molecule has 0 aromatic heterocycles. The molecule has 0 bridgehead atoms. The molecule has 1 N–H and O–H groups in total. The van der Waals surface area contributed by atoms with E-state index in [4.69, 9.17) is 4.74 Å². The summed E-state index contributed by atoms with van der Waals surface area (Å²) in [4.78, 5) is 11.6. The zero-order valence-electron chi connectivity index (χ0n) is 13.1. The van der Waals surface area contributed by atoms with E-state index in [1.54, 1.807) is 6.08 Å². The summed E-state index contributed by atoms with van der Waals surface area (Å²) in [7, 11) is 0. The van der Waals surface area contributed by atoms with E-state index >= 15 is 0 Å². The van der Waals surface area contributed by atoms with Gasteiger partial charge in [-0.2, -0.15) is 0 Å². The molecule has 3 aliphatic rings. The van der Waals surface area contributed by atoms with Crippen molar-refractivity contribution in [2.24, 2.45) is 23.7 Å². The molecule has 3 aliphatic carbocycles. The Morgan fingerprint density at radius 3 is 2.76 bits per heavy atom. The summed E-state index contributed by atoms with van der Waals surface area (Å²) >= 11 is 0. The highest BCUT2D eigenvalue weighted by Crippen LogP contribution is 2.52. The number of ether oxygens (including phenoxy) is 1. The maximum absolute atomic E-state index is 11.6. The first-order chi connectivity index (χ1) is 10.2. The summed E-state index contributed by atoms with van der Waals surface area (Å²) in [6.07, 6.45) is 10.9. The standard InChI is InChI=1S/C18H28O3/c1-2-21-18(20)10-12-3-7-16-13(9-12)4-5-14-11-15(19)6-8-17(14)16/h10,13-17,19H,2-9,11H2,1H3/b12-10-/t13-,14-,15-,16-,17-/m1/s1. The molecule has 0 spiro atoms. The summed E-state index contributed by atoms with van der Waals surface area (Å²) in [5, 5.41) is 9.88. The quantitative estimate of drug-likeness (QED) is 0.626. The zero-order valence-corrected chi connectivity index (χ0v) is 13.1. The van der Waals surface area contributed by atoms with Gasteiger partial charge in [0.25, 0.3) is 0 Å². The lowest BCUT2D eigenvalue weighted by Gasteiger charge is -2.49. The van der Waals surface area contributed by atoms with Gasteiger partial charge in [0.2, 0.25) is 0 Å². The van der Waals surface area contributed by atoms with Gasteiger partial charge in [0, 0.05) is 6.08 Å². The monoisotopic (exact) mass is 292 g/mol. The van der Waals surface area contributed by atoms with Crippen LogP contribution in [-0.4, -0.2) is 23.8 Å². The second-order valence-corrected chi connectivity index (χ2v) is 7.19. The Morgan fingerprint density at radius 1 is 1.19 bits per heavy atom. The number of rotatable bonds is 2. The van der Waals surface area contributed by atoms with Crippen LogP contribution < -0.4 is 0 Å². The van der Waals surface area contributed by atoms with Crippen LogP contribution in [0.15, 0.2) is 11.6 Å². The molecule has 0 heterocycles. The Labute approximate surface area is 127 Å². The Morgan fingerprint density at radius 2 is 1.95 bits per heavy atom. The fourth-order valence-corrected chi connectivity index (χ4v) is 5.13. The normalized spacial score (nSPS) is 41.2. The Bertz CT molecular complexity index is 415. The van der Waals surface area contributed by atoms with E-state index in [1.807, 2.05) is 6.92 Å². The van der Waals surface area contributed by atoms with E-state index in [9.17, 15) is 9.90 Å². The number of hydrogen-bond donors (Lipinski definition) is 1. The Balaban J connectivity index is 1.63. The van der Waals surface area contributed by atoms with Crippen LogP contribution in [0.3, 0.4) is 0 Å². The van der Waals surface area contributed by atoms with Gasteiger partial charge in [-0.05, 0) is 82.0 Å². The highest BCUT2D eigenvalue weighted by molar-refractivity contribution is 5.82. The molecule has 0 unspecified atom stereocenters. The van der Waals surface area contributed by atoms with Crippen molar-refractivity contribution in [2.75, 3.05) is 6.61 Å². The second kappa shape index (κ2) is 6.51. The molecule has 3 saturated carbocycles. The number of carbonyl (C=O) groups is 1. The first kappa shape index (κ1) is 15.1. The van der Waals surface area contributed by atoms with Crippen molar-refractivity contribution in [3.63, 3.8) is 0 Å². The number of carbonyl (C=O) groups excluding carboxylic acids is 1. The van der Waals surface area contributed by atoms with Crippen molar-refractivity contribution in [3.05, 3.63) is 11.6 Å². The number of fused-ring (bicyclic) bond motifs is 3. The molecule has 3 nitrogen and oxygen atoms in total. The van der Waals surface area contributed by atoms with Crippen molar-refractivity contribution in [2.45, 2.75) is 64.4 Å². The van der Waals surface area contributed by atoms with Gasteiger partial charge in [0.15, 0.2) is 0 Å². The van der Waals surface area contributed by atoms with E-state index in [0.717, 1.165) is 49.4 Å². The van der Waals surface area contributed by atoms with Gasteiger partial charge in [-0.1, -0.05) is 5.57 Å². The summed E-state index contributed by atoms with van der Waals surface area (Å²) in [5.74, 6) is 3.01. The Hall–Kier alpha value is -0.830. The zero-order chi connectivity index (χ0) is 14.8. The average molecular weight is 292 g/mol. The van der Waals surface area contributed by atoms with Gasteiger partial charge in [0.05, 0.1) is 12.7 Å². The first-order valence-electron chi connectivity index (χ1n) is 8.71. The van der Waals surface area contributed by atoms with Crippen LogP contribution in [0, 0.1) is 23.7 Å². The third-order valence-corrected chi connectivity index (χ3v) is 6.01. The molecule has 0 saturated heterocycles. The van der Waals surface area contributed by atoms with Crippen LogP contribution >= 0.6 is 0 Å². The average Bonchev–Trinajstić information content (AvgIpc) is 2.46. The molecular formula is C18H28O3. The van der Waals surface area contributed by atoms with Gasteiger partial charge < -0.3 is 9.84 Å². The minimum atomic E-state index is -0.166. The maximum Gasteiger partial charge on any atom is 0.330 e. The molecule has 0 aliphatic heterocycles. The lowest BCUT2D eigenvalue weighted by atomic mass is 9.57. The van der Waals surface area contributed by atoms with Crippen molar-refractivity contribution < 1.29 is 14.6 Å². The number of hydrogen-bond acceptors (Lipinski definition) is 3. The summed E-state index contributed by atoms with van der Waals surface area (Å²) < 4.78 is 5.04. The molecule has 0 aromatic carbocycles. The molecule has 5 atom stereocenters. The topological polar surface area (TPSA) is 46.5 Å². The van der Waals surface area contributed by atoms with E-state index in [-0.39, 0.29) is 12.1 Å². The summed E-state index contributed by atoms with van der Waals surface area (Å²) in [6, 6.07) is 0. The van der Waals surface area contributed by atoms with Gasteiger partial charge in [-0.15, -0.1) is 0 Å². The minimum Gasteiger partial charge on any atom is -0.463 e. The van der Waals surface area contributed by atoms with Crippen LogP contribution in [-0.2, 0) is 9.53 Å². The molecule has 3 fully saturated rings. The van der Waals surface area contributed by atoms with Crippen LogP contribution in [0.1, 0.15) is 58.3 Å². The third-order valence-electron chi connectivity index (χ3n) is 6.01. The SMILES string of the molecule is CCOC(=O)/C=C1/CC[C@@H]2[C@H](CC[C@@H]3C[C@H](O)CC[C@H]32)C1. The third kappa shape index (κ3) is 3.33. The number of esters is 1. The minimum absolute atomic E-state index is 0.0503. The van der Waals surface area contributed by atoms with E-state index in [1.165, 1.54) is 31.3 Å². The van der Waals surface area contributed by atoms with Crippen molar-refractivity contribution in [1.82, 2.24) is 0 Å². The van der Waals surface area contributed by atoms with E-state index < -0.39 is 0 Å². The first-order valence-corrected chi connectivity index (χ1v) is 8.71. The van der Waals surface area contributed by atoms with Crippen LogP contribution in [0.4, 0.5) is 0 Å².